The van der Waals surface area contributed by atoms with E-state index in [1.54, 1.807) is 0 Å². The third-order valence-electron chi connectivity index (χ3n) is 1.67. The largest absolute Gasteiger partial charge is 0.198 e. The summed E-state index contributed by atoms with van der Waals surface area (Å²) in [6, 6.07) is 10.1. The Morgan fingerprint density at radius 3 is 2.85 bits per heavy atom. The van der Waals surface area contributed by atoms with Gasteiger partial charge in [0.05, 0.1) is 12.5 Å². The Morgan fingerprint density at radius 1 is 1.38 bits per heavy atom. The Bertz CT molecular complexity index is 356. The summed E-state index contributed by atoms with van der Waals surface area (Å²) in [5.41, 5.74) is 2.20. The first kappa shape index (κ1) is 9.28. The summed E-state index contributed by atoms with van der Waals surface area (Å²) < 4.78 is 0. The highest BCUT2D eigenvalue weighted by molar-refractivity contribution is 5.56. The maximum absolute atomic E-state index is 8.33. The summed E-state index contributed by atoms with van der Waals surface area (Å²) in [7, 11) is 0. The van der Waals surface area contributed by atoms with E-state index in [0.29, 0.717) is 6.42 Å². The predicted octanol–water partition coefficient (Wildman–Crippen LogP) is 3.26. The van der Waals surface area contributed by atoms with E-state index >= 15 is 0 Å². The molecule has 0 aliphatic carbocycles. The van der Waals surface area contributed by atoms with Gasteiger partial charge >= 0.3 is 0 Å². The van der Waals surface area contributed by atoms with E-state index in [4.69, 9.17) is 5.26 Å². The van der Waals surface area contributed by atoms with Crippen molar-refractivity contribution in [3.8, 4) is 6.07 Å². The topological polar surface area (TPSA) is 23.8 Å². The molecule has 0 spiro atoms. The molecule has 0 bridgehead atoms. The van der Waals surface area contributed by atoms with Crippen molar-refractivity contribution in [2.45, 2.75) is 6.42 Å². The highest BCUT2D eigenvalue weighted by atomic mass is 14.2. The number of rotatable bonds is 3. The molecular weight excluding hydrogens is 158 g/mol. The first-order chi connectivity index (χ1) is 6.36. The molecule has 0 aromatic heterocycles. The Labute approximate surface area is 78.6 Å². The molecule has 0 saturated carbocycles. The van der Waals surface area contributed by atoms with Crippen LogP contribution in [0.1, 0.15) is 17.5 Å². The number of hydrogen-bond acceptors (Lipinski definition) is 1. The summed E-state index contributed by atoms with van der Waals surface area (Å²) in [4.78, 5) is 0. The predicted molar refractivity (Wildman–Crippen MR) is 55.8 cm³/mol. The van der Waals surface area contributed by atoms with Crippen molar-refractivity contribution in [2.75, 3.05) is 0 Å². The second-order valence-electron chi connectivity index (χ2n) is 2.64. The van der Waals surface area contributed by atoms with Gasteiger partial charge in [0.2, 0.25) is 0 Å². The smallest absolute Gasteiger partial charge is 0.0663 e. The molecule has 0 atom stereocenters. The molecular formula is C12H11N. The number of nitriles is 1. The molecule has 0 saturated heterocycles. The highest BCUT2D eigenvalue weighted by Crippen LogP contribution is 2.08. The number of benzene rings is 1. The van der Waals surface area contributed by atoms with Crippen LogP contribution in [-0.4, -0.2) is 0 Å². The van der Waals surface area contributed by atoms with Crippen LogP contribution in [0.5, 0.6) is 0 Å². The summed E-state index contributed by atoms with van der Waals surface area (Å²) in [5.74, 6) is 0. The lowest BCUT2D eigenvalue weighted by Gasteiger charge is -1.94. The Balaban J connectivity index is 2.78. The van der Waals surface area contributed by atoms with E-state index in [-0.39, 0.29) is 0 Å². The van der Waals surface area contributed by atoms with Gasteiger partial charge in [0.15, 0.2) is 0 Å². The SMILES string of the molecule is C=Cc1cccc(C=CCC#N)c1. The Kier molecular flexibility index (Phi) is 3.53. The fraction of sp³-hybridized carbons (Fsp3) is 0.0833. The number of allylic oxidation sites excluding steroid dienone is 1. The first-order valence-electron chi connectivity index (χ1n) is 4.13. The lowest BCUT2D eigenvalue weighted by atomic mass is 10.1. The van der Waals surface area contributed by atoms with Crippen LogP contribution < -0.4 is 0 Å². The van der Waals surface area contributed by atoms with Crippen LogP contribution in [0.25, 0.3) is 12.2 Å². The molecule has 0 N–H and O–H groups in total. The maximum atomic E-state index is 8.33. The van der Waals surface area contributed by atoms with Crippen LogP contribution in [-0.2, 0) is 0 Å². The maximum Gasteiger partial charge on any atom is 0.0663 e. The van der Waals surface area contributed by atoms with E-state index < -0.39 is 0 Å². The molecule has 0 amide bonds. The fourth-order valence-corrected chi connectivity index (χ4v) is 1.04. The van der Waals surface area contributed by atoms with Crippen LogP contribution in [0.4, 0.5) is 0 Å². The number of hydrogen-bond donors (Lipinski definition) is 0. The standard InChI is InChI=1S/C12H11N/c1-2-11-7-5-8-12(10-11)6-3-4-9-13/h2-3,5-8,10H,1,4H2. The van der Waals surface area contributed by atoms with Crippen LogP contribution in [0.15, 0.2) is 36.9 Å². The average molecular weight is 169 g/mol. The fourth-order valence-electron chi connectivity index (χ4n) is 1.04. The third kappa shape index (κ3) is 2.96. The lowest BCUT2D eigenvalue weighted by molar-refractivity contribution is 1.36. The first-order valence-corrected chi connectivity index (χ1v) is 4.13. The molecule has 0 radical (unpaired) electrons. The molecule has 0 heterocycles. The average Bonchev–Trinajstić information content (AvgIpc) is 2.19. The number of nitrogens with zero attached hydrogens (tertiary/aromatic N) is 1. The molecule has 1 rings (SSSR count). The molecule has 0 fully saturated rings. The summed E-state index contributed by atoms with van der Waals surface area (Å²) in [6.45, 7) is 3.69. The zero-order chi connectivity index (χ0) is 9.52. The monoisotopic (exact) mass is 169 g/mol. The van der Waals surface area contributed by atoms with Gasteiger partial charge < -0.3 is 0 Å². The normalized spacial score (nSPS) is 9.77. The molecule has 1 nitrogen and oxygen atoms in total. The zero-order valence-electron chi connectivity index (χ0n) is 7.40. The van der Waals surface area contributed by atoms with Gasteiger partial charge in [0.1, 0.15) is 0 Å². The van der Waals surface area contributed by atoms with E-state index in [2.05, 4.69) is 12.6 Å². The van der Waals surface area contributed by atoms with Crippen molar-refractivity contribution in [2.24, 2.45) is 0 Å². The van der Waals surface area contributed by atoms with E-state index in [1.165, 1.54) is 0 Å². The third-order valence-corrected chi connectivity index (χ3v) is 1.67. The van der Waals surface area contributed by atoms with Crippen LogP contribution >= 0.6 is 0 Å². The zero-order valence-corrected chi connectivity index (χ0v) is 7.40. The van der Waals surface area contributed by atoms with Crippen LogP contribution in [0.3, 0.4) is 0 Å². The molecule has 13 heavy (non-hydrogen) atoms. The minimum Gasteiger partial charge on any atom is -0.198 e. The second kappa shape index (κ2) is 4.95. The van der Waals surface area contributed by atoms with Gasteiger partial charge in [-0.05, 0) is 17.2 Å². The molecule has 0 aliphatic rings. The Morgan fingerprint density at radius 2 is 2.15 bits per heavy atom. The minimum atomic E-state index is 0.457. The highest BCUT2D eigenvalue weighted by Gasteiger charge is 1.87. The van der Waals surface area contributed by atoms with E-state index in [0.717, 1.165) is 11.1 Å². The molecule has 0 aliphatic heterocycles. The van der Waals surface area contributed by atoms with Crippen molar-refractivity contribution >= 4 is 12.2 Å². The van der Waals surface area contributed by atoms with Crippen LogP contribution in [0, 0.1) is 11.3 Å². The summed E-state index contributed by atoms with van der Waals surface area (Å²) in [6.07, 6.45) is 6.05. The van der Waals surface area contributed by atoms with E-state index in [9.17, 15) is 0 Å². The van der Waals surface area contributed by atoms with Gasteiger partial charge in [-0.15, -0.1) is 0 Å². The van der Waals surface area contributed by atoms with Crippen LogP contribution in [0.2, 0.25) is 0 Å². The van der Waals surface area contributed by atoms with Gasteiger partial charge in [-0.1, -0.05) is 43.0 Å². The second-order valence-corrected chi connectivity index (χ2v) is 2.64. The molecule has 1 heteroatoms. The Hall–Kier alpha value is -1.81. The van der Waals surface area contributed by atoms with Gasteiger partial charge in [-0.3, -0.25) is 0 Å². The van der Waals surface area contributed by atoms with Gasteiger partial charge in [-0.25, -0.2) is 0 Å². The lowest BCUT2D eigenvalue weighted by Crippen LogP contribution is -1.74. The molecule has 0 unspecified atom stereocenters. The molecule has 64 valence electrons. The minimum absolute atomic E-state index is 0.457. The summed E-state index contributed by atoms with van der Waals surface area (Å²) >= 11 is 0. The van der Waals surface area contributed by atoms with Crippen molar-refractivity contribution < 1.29 is 0 Å². The van der Waals surface area contributed by atoms with Gasteiger partial charge in [0, 0.05) is 0 Å². The van der Waals surface area contributed by atoms with E-state index in [1.807, 2.05) is 42.5 Å². The summed E-state index contributed by atoms with van der Waals surface area (Å²) in [5, 5.41) is 8.33. The molecule has 1 aromatic carbocycles. The van der Waals surface area contributed by atoms with Crippen molar-refractivity contribution in [1.29, 1.82) is 5.26 Å². The van der Waals surface area contributed by atoms with Gasteiger partial charge in [-0.2, -0.15) is 5.26 Å². The van der Waals surface area contributed by atoms with Crippen molar-refractivity contribution in [3.63, 3.8) is 0 Å². The quantitative estimate of drug-likeness (QED) is 0.681. The van der Waals surface area contributed by atoms with Crippen molar-refractivity contribution in [3.05, 3.63) is 48.0 Å². The van der Waals surface area contributed by atoms with Gasteiger partial charge in [0.25, 0.3) is 0 Å². The van der Waals surface area contributed by atoms with Crippen molar-refractivity contribution in [1.82, 2.24) is 0 Å². The molecule has 1 aromatic rings.